The maximum absolute atomic E-state index is 11.6. The van der Waals surface area contributed by atoms with Gasteiger partial charge in [0.05, 0.1) is 0 Å². The molecule has 2 N–H and O–H groups in total. The summed E-state index contributed by atoms with van der Waals surface area (Å²) in [4.78, 5) is 22.7. The van der Waals surface area contributed by atoms with E-state index < -0.39 is 5.54 Å². The van der Waals surface area contributed by atoms with Crippen LogP contribution in [0.25, 0.3) is 0 Å². The third-order valence-corrected chi connectivity index (χ3v) is 3.51. The fourth-order valence-electron chi connectivity index (χ4n) is 2.62. The summed E-state index contributed by atoms with van der Waals surface area (Å²) in [6, 6.07) is -0.342. The molecule has 72 valence electrons. The lowest BCUT2D eigenvalue weighted by Gasteiger charge is -2.29. The molecule has 2 aliphatic rings. The molecule has 2 rings (SSSR count). The number of nitrogens with one attached hydrogen (secondary N) is 2. The van der Waals surface area contributed by atoms with E-state index in [9.17, 15) is 9.59 Å². The molecule has 2 unspecified atom stereocenters. The average Bonchev–Trinajstić information content (AvgIpc) is 2.49. The van der Waals surface area contributed by atoms with E-state index in [2.05, 4.69) is 10.6 Å². The van der Waals surface area contributed by atoms with E-state index in [1.807, 2.05) is 13.8 Å². The van der Waals surface area contributed by atoms with Gasteiger partial charge in [-0.05, 0) is 24.7 Å². The Hall–Kier alpha value is -1.06. The molecule has 0 aromatic carbocycles. The van der Waals surface area contributed by atoms with Gasteiger partial charge in [-0.25, -0.2) is 4.79 Å². The van der Waals surface area contributed by atoms with Gasteiger partial charge < -0.3 is 5.32 Å². The van der Waals surface area contributed by atoms with Crippen LogP contribution in [0.2, 0.25) is 0 Å². The van der Waals surface area contributed by atoms with Crippen molar-refractivity contribution in [2.75, 3.05) is 0 Å². The Kier molecular flexibility index (Phi) is 1.62. The van der Waals surface area contributed by atoms with E-state index >= 15 is 0 Å². The number of urea groups is 1. The van der Waals surface area contributed by atoms with Gasteiger partial charge in [-0.2, -0.15) is 0 Å². The average molecular weight is 182 g/mol. The van der Waals surface area contributed by atoms with Crippen LogP contribution < -0.4 is 10.6 Å². The molecule has 0 aromatic rings. The smallest absolute Gasteiger partial charge is 0.322 e. The molecule has 0 aromatic heterocycles. The molecule has 1 heterocycles. The van der Waals surface area contributed by atoms with Gasteiger partial charge in [0.15, 0.2) is 0 Å². The van der Waals surface area contributed by atoms with E-state index in [4.69, 9.17) is 0 Å². The van der Waals surface area contributed by atoms with Gasteiger partial charge in [-0.1, -0.05) is 13.8 Å². The Labute approximate surface area is 77.1 Å². The number of imide groups is 1. The van der Waals surface area contributed by atoms with Crippen LogP contribution in [0.15, 0.2) is 0 Å². The quantitative estimate of drug-likeness (QED) is 0.540. The second kappa shape index (κ2) is 2.47. The normalized spacial score (nSPS) is 43.8. The van der Waals surface area contributed by atoms with Crippen LogP contribution in [-0.2, 0) is 4.79 Å². The molecule has 1 aliphatic carbocycles. The number of carbonyl (C=O) groups is 2. The lowest BCUT2D eigenvalue weighted by Crippen LogP contribution is -2.53. The van der Waals surface area contributed by atoms with Crippen molar-refractivity contribution in [2.24, 2.45) is 11.8 Å². The first-order valence-corrected chi connectivity index (χ1v) is 4.71. The number of hydrogen-bond donors (Lipinski definition) is 2. The molecule has 1 spiro atoms. The number of rotatable bonds is 0. The summed E-state index contributed by atoms with van der Waals surface area (Å²) in [5, 5.41) is 5.10. The standard InChI is InChI=1S/C9H14N2O2/c1-5-3-4-6(2)9(5)7(12)10-8(13)11-9/h5-6H,3-4H2,1-2H3,(H2,10,11,12,13). The minimum absolute atomic E-state index is 0.144. The second-order valence-corrected chi connectivity index (χ2v) is 4.16. The summed E-state index contributed by atoms with van der Waals surface area (Å²) in [7, 11) is 0. The number of hydrogen-bond acceptors (Lipinski definition) is 2. The number of amides is 3. The first-order valence-electron chi connectivity index (χ1n) is 4.71. The Morgan fingerprint density at radius 1 is 1.23 bits per heavy atom. The Bertz CT molecular complexity index is 265. The fourth-order valence-corrected chi connectivity index (χ4v) is 2.62. The highest BCUT2D eigenvalue weighted by Gasteiger charge is 2.56. The van der Waals surface area contributed by atoms with Gasteiger partial charge in [0, 0.05) is 0 Å². The van der Waals surface area contributed by atoms with Crippen molar-refractivity contribution in [2.45, 2.75) is 32.2 Å². The summed E-state index contributed by atoms with van der Waals surface area (Å²) in [5.74, 6) is 0.345. The third kappa shape index (κ3) is 0.913. The minimum Gasteiger partial charge on any atom is -0.323 e. The molecule has 2 atom stereocenters. The lowest BCUT2D eigenvalue weighted by molar-refractivity contribution is -0.126. The summed E-state index contributed by atoms with van der Waals surface area (Å²) in [6.07, 6.45) is 2.02. The van der Waals surface area contributed by atoms with Crippen LogP contribution in [0.5, 0.6) is 0 Å². The Morgan fingerprint density at radius 3 is 2.15 bits per heavy atom. The first kappa shape index (κ1) is 8.53. The van der Waals surface area contributed by atoms with Crippen LogP contribution in [-0.4, -0.2) is 17.5 Å². The summed E-state index contributed by atoms with van der Waals surface area (Å²) in [6.45, 7) is 4.04. The molecule has 0 radical (unpaired) electrons. The zero-order valence-corrected chi connectivity index (χ0v) is 7.89. The zero-order valence-electron chi connectivity index (χ0n) is 7.89. The van der Waals surface area contributed by atoms with Crippen molar-refractivity contribution in [3.05, 3.63) is 0 Å². The molecule has 4 heteroatoms. The van der Waals surface area contributed by atoms with Crippen LogP contribution in [0.4, 0.5) is 4.79 Å². The second-order valence-electron chi connectivity index (χ2n) is 4.16. The summed E-state index contributed by atoms with van der Waals surface area (Å²) in [5.41, 5.74) is -0.614. The summed E-state index contributed by atoms with van der Waals surface area (Å²) >= 11 is 0. The van der Waals surface area contributed by atoms with Crippen LogP contribution in [0, 0.1) is 11.8 Å². The minimum atomic E-state index is -0.614. The van der Waals surface area contributed by atoms with E-state index in [-0.39, 0.29) is 23.8 Å². The summed E-state index contributed by atoms with van der Waals surface area (Å²) < 4.78 is 0. The van der Waals surface area contributed by atoms with Crippen LogP contribution in [0.3, 0.4) is 0 Å². The SMILES string of the molecule is CC1CCC(C)C12NC(=O)NC2=O. The monoisotopic (exact) mass is 182 g/mol. The van der Waals surface area contributed by atoms with Crippen LogP contribution in [0.1, 0.15) is 26.7 Å². The maximum Gasteiger partial charge on any atom is 0.322 e. The predicted molar refractivity (Wildman–Crippen MR) is 47.0 cm³/mol. The molecule has 4 nitrogen and oxygen atoms in total. The highest BCUT2D eigenvalue weighted by atomic mass is 16.2. The highest BCUT2D eigenvalue weighted by Crippen LogP contribution is 2.41. The molecular weight excluding hydrogens is 168 g/mol. The van der Waals surface area contributed by atoms with Gasteiger partial charge in [0.25, 0.3) is 5.91 Å². The largest absolute Gasteiger partial charge is 0.323 e. The molecule has 13 heavy (non-hydrogen) atoms. The Morgan fingerprint density at radius 2 is 1.77 bits per heavy atom. The van der Waals surface area contributed by atoms with Crippen molar-refractivity contribution in [3.63, 3.8) is 0 Å². The van der Waals surface area contributed by atoms with Crippen molar-refractivity contribution in [1.29, 1.82) is 0 Å². The molecule has 1 saturated carbocycles. The van der Waals surface area contributed by atoms with E-state index in [1.54, 1.807) is 0 Å². The van der Waals surface area contributed by atoms with Gasteiger partial charge in [0.2, 0.25) is 0 Å². The van der Waals surface area contributed by atoms with Gasteiger partial charge in [-0.3, -0.25) is 10.1 Å². The van der Waals surface area contributed by atoms with Gasteiger partial charge >= 0.3 is 6.03 Å². The van der Waals surface area contributed by atoms with E-state index in [0.29, 0.717) is 0 Å². The Balaban J connectivity index is 2.37. The van der Waals surface area contributed by atoms with Crippen molar-refractivity contribution in [1.82, 2.24) is 10.6 Å². The van der Waals surface area contributed by atoms with Crippen LogP contribution >= 0.6 is 0 Å². The molecular formula is C9H14N2O2. The predicted octanol–water partition coefficient (Wildman–Crippen LogP) is 0.631. The third-order valence-electron chi connectivity index (χ3n) is 3.51. The van der Waals surface area contributed by atoms with Gasteiger partial charge in [-0.15, -0.1) is 0 Å². The molecule has 0 bridgehead atoms. The number of carbonyl (C=O) groups excluding carboxylic acids is 2. The topological polar surface area (TPSA) is 58.2 Å². The molecule has 3 amide bonds. The van der Waals surface area contributed by atoms with Crippen molar-refractivity contribution >= 4 is 11.9 Å². The first-order chi connectivity index (χ1) is 6.07. The molecule has 1 aliphatic heterocycles. The highest BCUT2D eigenvalue weighted by molar-refractivity contribution is 6.07. The van der Waals surface area contributed by atoms with E-state index in [1.165, 1.54) is 0 Å². The lowest BCUT2D eigenvalue weighted by atomic mass is 9.82. The maximum atomic E-state index is 11.6. The molecule has 1 saturated heterocycles. The fraction of sp³-hybridized carbons (Fsp3) is 0.778. The zero-order chi connectivity index (χ0) is 9.64. The van der Waals surface area contributed by atoms with Crippen molar-refractivity contribution < 1.29 is 9.59 Å². The van der Waals surface area contributed by atoms with E-state index in [0.717, 1.165) is 12.8 Å². The van der Waals surface area contributed by atoms with Crippen molar-refractivity contribution in [3.8, 4) is 0 Å². The molecule has 2 fully saturated rings. The van der Waals surface area contributed by atoms with Gasteiger partial charge in [0.1, 0.15) is 5.54 Å².